The highest BCUT2D eigenvalue weighted by atomic mass is 32.2. The van der Waals surface area contributed by atoms with E-state index in [1.54, 1.807) is 0 Å². The van der Waals surface area contributed by atoms with E-state index in [9.17, 15) is 5.11 Å². The molecule has 1 aliphatic carbocycles. The maximum absolute atomic E-state index is 9.53. The number of rotatable bonds is 9. The van der Waals surface area contributed by atoms with Crippen molar-refractivity contribution in [2.24, 2.45) is 5.92 Å². The monoisotopic (exact) mass is 287 g/mol. The van der Waals surface area contributed by atoms with Crippen molar-refractivity contribution >= 4 is 11.8 Å². The summed E-state index contributed by atoms with van der Waals surface area (Å²) in [7, 11) is 0. The Hall–Kier alpha value is 0.270. The van der Waals surface area contributed by atoms with Gasteiger partial charge in [-0.25, -0.2) is 0 Å². The molecular formula is C16H33NOS. The van der Waals surface area contributed by atoms with Gasteiger partial charge in [-0.05, 0) is 57.2 Å². The van der Waals surface area contributed by atoms with Crippen LogP contribution in [0, 0.1) is 5.92 Å². The summed E-state index contributed by atoms with van der Waals surface area (Å²) in [5.41, 5.74) is -0.0730. The summed E-state index contributed by atoms with van der Waals surface area (Å²) < 4.78 is 0. The molecule has 0 aromatic carbocycles. The zero-order valence-corrected chi connectivity index (χ0v) is 13.9. The van der Waals surface area contributed by atoms with Gasteiger partial charge in [-0.2, -0.15) is 11.8 Å². The van der Waals surface area contributed by atoms with Crippen molar-refractivity contribution in [2.75, 3.05) is 18.9 Å². The number of aliphatic hydroxyl groups is 1. The lowest BCUT2D eigenvalue weighted by Crippen LogP contribution is -2.46. The van der Waals surface area contributed by atoms with Gasteiger partial charge in [0.05, 0.1) is 6.61 Å². The molecule has 114 valence electrons. The predicted molar refractivity (Wildman–Crippen MR) is 86.9 cm³/mol. The molecule has 0 heterocycles. The molecule has 0 amide bonds. The van der Waals surface area contributed by atoms with Gasteiger partial charge in [0.2, 0.25) is 0 Å². The minimum Gasteiger partial charge on any atom is -0.394 e. The highest BCUT2D eigenvalue weighted by Crippen LogP contribution is 2.32. The average Bonchev–Trinajstić information content (AvgIpc) is 2.42. The second kappa shape index (κ2) is 9.25. The van der Waals surface area contributed by atoms with E-state index in [1.165, 1.54) is 37.9 Å². The Kier molecular flexibility index (Phi) is 8.43. The molecule has 3 heteroatoms. The van der Waals surface area contributed by atoms with Gasteiger partial charge in [-0.15, -0.1) is 0 Å². The van der Waals surface area contributed by atoms with Crippen LogP contribution < -0.4 is 5.32 Å². The van der Waals surface area contributed by atoms with E-state index in [0.29, 0.717) is 0 Å². The summed E-state index contributed by atoms with van der Waals surface area (Å²) in [6.45, 7) is 7.97. The molecule has 19 heavy (non-hydrogen) atoms. The Bertz CT molecular complexity index is 237. The predicted octanol–water partition coefficient (Wildman–Crippen LogP) is 3.83. The summed E-state index contributed by atoms with van der Waals surface area (Å²) >= 11 is 2.17. The first kappa shape index (κ1) is 17.3. The fourth-order valence-electron chi connectivity index (χ4n) is 2.89. The van der Waals surface area contributed by atoms with Gasteiger partial charge >= 0.3 is 0 Å². The molecule has 0 bridgehead atoms. The van der Waals surface area contributed by atoms with Crippen molar-refractivity contribution in [1.82, 2.24) is 5.32 Å². The molecule has 1 saturated carbocycles. The van der Waals surface area contributed by atoms with Crippen LogP contribution in [0.3, 0.4) is 0 Å². The van der Waals surface area contributed by atoms with Gasteiger partial charge in [-0.1, -0.05) is 26.7 Å². The third-order valence-corrected chi connectivity index (χ3v) is 5.69. The molecule has 0 saturated heterocycles. The van der Waals surface area contributed by atoms with Gasteiger partial charge in [0.1, 0.15) is 0 Å². The zero-order chi connectivity index (χ0) is 14.1. The third kappa shape index (κ3) is 7.01. The lowest BCUT2D eigenvalue weighted by Gasteiger charge is -2.30. The van der Waals surface area contributed by atoms with Gasteiger partial charge in [-0.3, -0.25) is 0 Å². The smallest absolute Gasteiger partial charge is 0.0610 e. The Labute approximate surface area is 124 Å². The zero-order valence-electron chi connectivity index (χ0n) is 13.1. The number of nitrogens with one attached hydrogen (secondary N) is 1. The minimum absolute atomic E-state index is 0.0730. The normalized spacial score (nSPS) is 27.2. The van der Waals surface area contributed by atoms with Crippen LogP contribution in [0.4, 0.5) is 0 Å². The molecule has 1 rings (SSSR count). The summed E-state index contributed by atoms with van der Waals surface area (Å²) in [5, 5.41) is 13.9. The van der Waals surface area contributed by atoms with E-state index >= 15 is 0 Å². The molecule has 2 N–H and O–H groups in total. The SMILES string of the molecule is CCCNC(C)(CO)CCCSC1CCCC(C)C1. The lowest BCUT2D eigenvalue weighted by atomic mass is 9.91. The Balaban J connectivity index is 2.14. The third-order valence-electron chi connectivity index (χ3n) is 4.27. The summed E-state index contributed by atoms with van der Waals surface area (Å²) in [4.78, 5) is 0. The topological polar surface area (TPSA) is 32.3 Å². The van der Waals surface area contributed by atoms with Crippen LogP contribution in [-0.4, -0.2) is 34.8 Å². The summed E-state index contributed by atoms with van der Waals surface area (Å²) in [6.07, 6.45) is 9.11. The van der Waals surface area contributed by atoms with E-state index in [1.807, 2.05) is 0 Å². The maximum atomic E-state index is 9.53. The fourth-order valence-corrected chi connectivity index (χ4v) is 4.33. The van der Waals surface area contributed by atoms with Crippen LogP contribution >= 0.6 is 11.8 Å². The van der Waals surface area contributed by atoms with Crippen LogP contribution in [0.2, 0.25) is 0 Å². The maximum Gasteiger partial charge on any atom is 0.0610 e. The number of aliphatic hydroxyl groups excluding tert-OH is 1. The molecule has 1 aliphatic rings. The van der Waals surface area contributed by atoms with Crippen LogP contribution in [0.15, 0.2) is 0 Å². The van der Waals surface area contributed by atoms with Crippen molar-refractivity contribution in [1.29, 1.82) is 0 Å². The molecule has 3 unspecified atom stereocenters. The highest BCUT2D eigenvalue weighted by molar-refractivity contribution is 7.99. The summed E-state index contributed by atoms with van der Waals surface area (Å²) in [6, 6.07) is 0. The first-order valence-electron chi connectivity index (χ1n) is 8.07. The van der Waals surface area contributed by atoms with Crippen molar-refractivity contribution in [2.45, 2.75) is 76.5 Å². The molecule has 0 spiro atoms. The second-order valence-electron chi connectivity index (χ2n) is 6.51. The Morgan fingerprint density at radius 2 is 2.16 bits per heavy atom. The number of hydrogen-bond donors (Lipinski definition) is 2. The first-order valence-corrected chi connectivity index (χ1v) is 9.12. The molecule has 2 nitrogen and oxygen atoms in total. The van der Waals surface area contributed by atoms with Crippen LogP contribution in [-0.2, 0) is 0 Å². The van der Waals surface area contributed by atoms with Crippen LogP contribution in [0.5, 0.6) is 0 Å². The summed E-state index contributed by atoms with van der Waals surface area (Å²) in [5.74, 6) is 2.18. The average molecular weight is 288 g/mol. The Morgan fingerprint density at radius 1 is 1.37 bits per heavy atom. The number of thioether (sulfide) groups is 1. The van der Waals surface area contributed by atoms with Crippen molar-refractivity contribution < 1.29 is 5.11 Å². The molecule has 1 fully saturated rings. The van der Waals surface area contributed by atoms with Gasteiger partial charge in [0.15, 0.2) is 0 Å². The number of hydrogen-bond acceptors (Lipinski definition) is 3. The highest BCUT2D eigenvalue weighted by Gasteiger charge is 2.22. The van der Waals surface area contributed by atoms with E-state index in [0.717, 1.165) is 30.6 Å². The molecule has 0 aliphatic heterocycles. The van der Waals surface area contributed by atoms with E-state index in [4.69, 9.17) is 0 Å². The minimum atomic E-state index is -0.0730. The largest absolute Gasteiger partial charge is 0.394 e. The van der Waals surface area contributed by atoms with E-state index < -0.39 is 0 Å². The van der Waals surface area contributed by atoms with Crippen molar-refractivity contribution in [3.8, 4) is 0 Å². The quantitative estimate of drug-likeness (QED) is 0.632. The standard InChI is InChI=1S/C16H33NOS/c1-4-10-17-16(3,13-18)9-6-11-19-15-8-5-7-14(2)12-15/h14-15,17-18H,4-13H2,1-3H3. The van der Waals surface area contributed by atoms with Gasteiger partial charge in [0.25, 0.3) is 0 Å². The van der Waals surface area contributed by atoms with Gasteiger partial charge in [0, 0.05) is 10.8 Å². The fraction of sp³-hybridized carbons (Fsp3) is 1.00. The van der Waals surface area contributed by atoms with E-state index in [2.05, 4.69) is 37.8 Å². The Morgan fingerprint density at radius 3 is 2.79 bits per heavy atom. The van der Waals surface area contributed by atoms with Crippen molar-refractivity contribution in [3.05, 3.63) is 0 Å². The molecule has 3 atom stereocenters. The van der Waals surface area contributed by atoms with E-state index in [-0.39, 0.29) is 12.1 Å². The van der Waals surface area contributed by atoms with Crippen molar-refractivity contribution in [3.63, 3.8) is 0 Å². The molecule has 0 aromatic heterocycles. The lowest BCUT2D eigenvalue weighted by molar-refractivity contribution is 0.165. The van der Waals surface area contributed by atoms with Gasteiger partial charge < -0.3 is 10.4 Å². The molecular weight excluding hydrogens is 254 g/mol. The molecule has 0 radical (unpaired) electrons. The second-order valence-corrected chi connectivity index (χ2v) is 7.92. The van der Waals surface area contributed by atoms with Crippen LogP contribution in [0.25, 0.3) is 0 Å². The molecule has 0 aromatic rings. The van der Waals surface area contributed by atoms with Crippen LogP contribution in [0.1, 0.15) is 65.7 Å². The first-order chi connectivity index (χ1) is 9.09.